The molecule has 154 valence electrons. The highest BCUT2D eigenvalue weighted by Crippen LogP contribution is 2.47. The molecule has 3 aromatic carbocycles. The SMILES string of the molecule is CCCC[C@H]1S[C@@H](c2cccc(Oc3ccccc3)c2)N(c2ccc(O)cc2)C1=O. The molecule has 1 N–H and O–H groups in total. The third kappa shape index (κ3) is 4.46. The zero-order valence-electron chi connectivity index (χ0n) is 16.9. The minimum absolute atomic E-state index is 0.0672. The molecule has 4 rings (SSSR count). The highest BCUT2D eigenvalue weighted by atomic mass is 32.2. The first-order valence-corrected chi connectivity index (χ1v) is 11.2. The third-order valence-corrected chi connectivity index (χ3v) is 6.62. The third-order valence-electron chi connectivity index (χ3n) is 5.11. The Bertz CT molecular complexity index is 991. The molecule has 5 heteroatoms. The molecule has 1 saturated heterocycles. The number of carbonyl (C=O) groups excluding carboxylic acids is 1. The lowest BCUT2D eigenvalue weighted by atomic mass is 10.1. The van der Waals surface area contributed by atoms with E-state index >= 15 is 0 Å². The number of para-hydroxylation sites is 1. The quantitative estimate of drug-likeness (QED) is 0.473. The minimum Gasteiger partial charge on any atom is -0.508 e. The van der Waals surface area contributed by atoms with Gasteiger partial charge in [-0.3, -0.25) is 9.69 Å². The summed E-state index contributed by atoms with van der Waals surface area (Å²) < 4.78 is 6.01. The first kappa shape index (κ1) is 20.4. The number of unbranched alkanes of at least 4 members (excludes halogenated alkanes) is 1. The van der Waals surface area contributed by atoms with E-state index in [1.54, 1.807) is 36.0 Å². The molecule has 1 aliphatic rings. The van der Waals surface area contributed by atoms with Crippen LogP contribution >= 0.6 is 11.8 Å². The molecule has 30 heavy (non-hydrogen) atoms. The molecule has 0 radical (unpaired) electrons. The van der Waals surface area contributed by atoms with Crippen molar-refractivity contribution in [2.24, 2.45) is 0 Å². The predicted octanol–water partition coefficient (Wildman–Crippen LogP) is 6.52. The van der Waals surface area contributed by atoms with Gasteiger partial charge in [-0.25, -0.2) is 0 Å². The van der Waals surface area contributed by atoms with E-state index in [0.717, 1.165) is 42.0 Å². The standard InChI is InChI=1S/C25H25NO3S/c1-2-3-12-23-24(28)26(19-13-15-20(27)16-14-19)25(30-23)18-8-7-11-22(17-18)29-21-9-5-4-6-10-21/h4-11,13-17,23,25,27H,2-3,12H2,1H3/t23-,25+/m1/s1. The number of nitrogens with zero attached hydrogens (tertiary/aromatic N) is 1. The van der Waals surface area contributed by atoms with E-state index in [0.29, 0.717) is 0 Å². The monoisotopic (exact) mass is 419 g/mol. The van der Waals surface area contributed by atoms with Crippen molar-refractivity contribution in [1.82, 2.24) is 0 Å². The van der Waals surface area contributed by atoms with Gasteiger partial charge in [0, 0.05) is 5.69 Å². The van der Waals surface area contributed by atoms with Crippen molar-refractivity contribution >= 4 is 23.4 Å². The smallest absolute Gasteiger partial charge is 0.241 e. The van der Waals surface area contributed by atoms with Crippen LogP contribution in [0.4, 0.5) is 5.69 Å². The number of benzene rings is 3. The van der Waals surface area contributed by atoms with Gasteiger partial charge in [-0.05, 0) is 60.5 Å². The molecule has 0 spiro atoms. The largest absolute Gasteiger partial charge is 0.508 e. The van der Waals surface area contributed by atoms with Crippen LogP contribution in [0.5, 0.6) is 17.2 Å². The van der Waals surface area contributed by atoms with Gasteiger partial charge >= 0.3 is 0 Å². The van der Waals surface area contributed by atoms with Crippen molar-refractivity contribution in [3.8, 4) is 17.2 Å². The first-order chi connectivity index (χ1) is 14.7. The molecule has 1 heterocycles. The number of thioether (sulfide) groups is 1. The van der Waals surface area contributed by atoms with E-state index in [2.05, 4.69) is 6.92 Å². The lowest BCUT2D eigenvalue weighted by Gasteiger charge is -2.24. The Balaban J connectivity index is 1.65. The molecule has 0 saturated carbocycles. The van der Waals surface area contributed by atoms with E-state index < -0.39 is 0 Å². The summed E-state index contributed by atoms with van der Waals surface area (Å²) in [5.74, 6) is 1.84. The van der Waals surface area contributed by atoms with Gasteiger partial charge in [-0.15, -0.1) is 11.8 Å². The summed E-state index contributed by atoms with van der Waals surface area (Å²) in [4.78, 5) is 15.1. The molecule has 1 aliphatic heterocycles. The van der Waals surface area contributed by atoms with E-state index in [9.17, 15) is 9.90 Å². The van der Waals surface area contributed by atoms with Gasteiger partial charge in [-0.1, -0.05) is 50.1 Å². The van der Waals surface area contributed by atoms with Gasteiger partial charge in [0.25, 0.3) is 0 Å². The van der Waals surface area contributed by atoms with Crippen molar-refractivity contribution in [3.05, 3.63) is 84.4 Å². The van der Waals surface area contributed by atoms with Gasteiger partial charge in [0.1, 0.15) is 22.6 Å². The molecule has 3 aromatic rings. The van der Waals surface area contributed by atoms with E-state index in [1.165, 1.54) is 0 Å². The summed E-state index contributed by atoms with van der Waals surface area (Å²) in [6.45, 7) is 2.14. The van der Waals surface area contributed by atoms with E-state index in [4.69, 9.17) is 4.74 Å². The van der Waals surface area contributed by atoms with Crippen LogP contribution in [0.1, 0.15) is 37.1 Å². The first-order valence-electron chi connectivity index (χ1n) is 10.3. The number of hydrogen-bond acceptors (Lipinski definition) is 4. The van der Waals surface area contributed by atoms with E-state index in [1.807, 2.05) is 59.5 Å². The Morgan fingerprint density at radius 2 is 1.70 bits per heavy atom. The number of hydrogen-bond donors (Lipinski definition) is 1. The summed E-state index contributed by atoms with van der Waals surface area (Å²) in [5, 5.41) is 9.46. The summed E-state index contributed by atoms with van der Waals surface area (Å²) >= 11 is 1.69. The zero-order chi connectivity index (χ0) is 20.9. The zero-order valence-corrected chi connectivity index (χ0v) is 17.7. The van der Waals surface area contributed by atoms with Crippen LogP contribution in [0, 0.1) is 0 Å². The number of carbonyl (C=O) groups is 1. The number of rotatable bonds is 7. The second-order valence-corrected chi connectivity index (χ2v) is 8.62. The number of anilines is 1. The lowest BCUT2D eigenvalue weighted by molar-refractivity contribution is -0.117. The Hall–Kier alpha value is -2.92. The van der Waals surface area contributed by atoms with Crippen molar-refractivity contribution in [2.75, 3.05) is 4.90 Å². The fourth-order valence-electron chi connectivity index (χ4n) is 3.59. The van der Waals surface area contributed by atoms with Crippen LogP contribution in [-0.4, -0.2) is 16.3 Å². The van der Waals surface area contributed by atoms with Gasteiger partial charge in [0.05, 0.1) is 5.25 Å². The van der Waals surface area contributed by atoms with Crippen LogP contribution in [-0.2, 0) is 4.79 Å². The average molecular weight is 420 g/mol. The predicted molar refractivity (Wildman–Crippen MR) is 122 cm³/mol. The van der Waals surface area contributed by atoms with Crippen LogP contribution in [0.2, 0.25) is 0 Å². The van der Waals surface area contributed by atoms with Crippen molar-refractivity contribution in [1.29, 1.82) is 0 Å². The second-order valence-electron chi connectivity index (χ2n) is 7.33. The topological polar surface area (TPSA) is 49.8 Å². The maximum absolute atomic E-state index is 13.3. The van der Waals surface area contributed by atoms with Crippen molar-refractivity contribution < 1.29 is 14.6 Å². The number of phenolic OH excluding ortho intramolecular Hbond substituents is 1. The number of phenols is 1. The highest BCUT2D eigenvalue weighted by Gasteiger charge is 2.41. The Morgan fingerprint density at radius 1 is 0.967 bits per heavy atom. The Kier molecular flexibility index (Phi) is 6.29. The van der Waals surface area contributed by atoms with Crippen molar-refractivity contribution in [3.63, 3.8) is 0 Å². The fraction of sp³-hybridized carbons (Fsp3) is 0.240. The van der Waals surface area contributed by atoms with Gasteiger partial charge in [0.2, 0.25) is 5.91 Å². The normalized spacial score (nSPS) is 18.6. The molecular formula is C25H25NO3S. The molecule has 0 aromatic heterocycles. The van der Waals surface area contributed by atoms with Gasteiger partial charge in [-0.2, -0.15) is 0 Å². The molecule has 0 bridgehead atoms. The summed E-state index contributed by atoms with van der Waals surface area (Å²) in [5.41, 5.74) is 1.82. The summed E-state index contributed by atoms with van der Waals surface area (Å²) in [6.07, 6.45) is 2.95. The van der Waals surface area contributed by atoms with Crippen LogP contribution in [0.25, 0.3) is 0 Å². The molecule has 0 unspecified atom stereocenters. The van der Waals surface area contributed by atoms with E-state index in [-0.39, 0.29) is 22.3 Å². The molecule has 1 amide bonds. The minimum atomic E-state index is -0.136. The molecule has 0 aliphatic carbocycles. The average Bonchev–Trinajstić information content (AvgIpc) is 3.10. The van der Waals surface area contributed by atoms with Gasteiger partial charge in [0.15, 0.2) is 0 Å². The Morgan fingerprint density at radius 3 is 2.43 bits per heavy atom. The molecule has 4 nitrogen and oxygen atoms in total. The van der Waals surface area contributed by atoms with Gasteiger partial charge < -0.3 is 9.84 Å². The lowest BCUT2D eigenvalue weighted by Crippen LogP contribution is -2.31. The van der Waals surface area contributed by atoms with Crippen LogP contribution in [0.3, 0.4) is 0 Å². The van der Waals surface area contributed by atoms with Crippen LogP contribution in [0.15, 0.2) is 78.9 Å². The highest BCUT2D eigenvalue weighted by molar-refractivity contribution is 8.01. The maximum atomic E-state index is 13.3. The van der Waals surface area contributed by atoms with Crippen LogP contribution < -0.4 is 9.64 Å². The summed E-state index contributed by atoms with van der Waals surface area (Å²) in [7, 11) is 0. The molecule has 1 fully saturated rings. The molecular weight excluding hydrogens is 394 g/mol. The second kappa shape index (κ2) is 9.26. The maximum Gasteiger partial charge on any atom is 0.241 e. The number of aromatic hydroxyl groups is 1. The van der Waals surface area contributed by atoms with Crippen molar-refractivity contribution in [2.45, 2.75) is 36.8 Å². The fourth-order valence-corrected chi connectivity index (χ4v) is 5.08. The molecule has 2 atom stereocenters. The number of amides is 1. The Labute approximate surface area is 181 Å². The number of ether oxygens (including phenoxy) is 1. The summed E-state index contributed by atoms with van der Waals surface area (Å²) in [6, 6.07) is 24.5.